The predicted molar refractivity (Wildman–Crippen MR) is 76.1 cm³/mol. The summed E-state index contributed by atoms with van der Waals surface area (Å²) in [5.74, 6) is 1.54. The average molecular weight is 268 g/mol. The van der Waals surface area contributed by atoms with Gasteiger partial charge < -0.3 is 15.0 Å². The van der Waals surface area contributed by atoms with Crippen LogP contribution in [0.1, 0.15) is 46.0 Å². The summed E-state index contributed by atoms with van der Waals surface area (Å²) in [5.41, 5.74) is 0. The molecular weight excluding hydrogens is 240 g/mol. The zero-order valence-corrected chi connectivity index (χ0v) is 12.4. The lowest BCUT2D eigenvalue weighted by atomic mass is 9.94. The summed E-state index contributed by atoms with van der Waals surface area (Å²) < 4.78 is 4.98. The van der Waals surface area contributed by atoms with Crippen LogP contribution in [0, 0.1) is 11.8 Å². The van der Waals surface area contributed by atoms with E-state index in [1.165, 1.54) is 38.8 Å². The molecule has 0 aromatic rings. The van der Waals surface area contributed by atoms with E-state index in [1.54, 1.807) is 0 Å². The Morgan fingerprint density at radius 3 is 2.74 bits per heavy atom. The van der Waals surface area contributed by atoms with Gasteiger partial charge >= 0.3 is 6.09 Å². The summed E-state index contributed by atoms with van der Waals surface area (Å²) in [5, 5.41) is 3.00. The molecule has 2 rings (SSSR count). The minimum Gasteiger partial charge on any atom is -0.450 e. The zero-order chi connectivity index (χ0) is 13.7. The van der Waals surface area contributed by atoms with Crippen molar-refractivity contribution in [3.8, 4) is 0 Å². The first-order valence-electron chi connectivity index (χ1n) is 7.83. The van der Waals surface area contributed by atoms with Crippen molar-refractivity contribution in [2.45, 2.75) is 52.0 Å². The molecule has 0 bridgehead atoms. The standard InChI is InChI=1S/C15H28N2O2/c1-3-19-15(18)16-14-8-12(2)9-17(11-14)10-13-6-4-5-7-13/h12-14H,3-11H2,1-2H3,(H,16,18). The summed E-state index contributed by atoms with van der Waals surface area (Å²) in [7, 11) is 0. The summed E-state index contributed by atoms with van der Waals surface area (Å²) in [6.07, 6.45) is 6.39. The van der Waals surface area contributed by atoms with Crippen LogP contribution in [0.15, 0.2) is 0 Å². The largest absolute Gasteiger partial charge is 0.450 e. The van der Waals surface area contributed by atoms with Gasteiger partial charge in [-0.05, 0) is 38.0 Å². The summed E-state index contributed by atoms with van der Waals surface area (Å²) >= 11 is 0. The van der Waals surface area contributed by atoms with Gasteiger partial charge in [-0.15, -0.1) is 0 Å². The Hall–Kier alpha value is -0.770. The molecule has 2 unspecified atom stereocenters. The molecule has 0 aromatic carbocycles. The van der Waals surface area contributed by atoms with Gasteiger partial charge in [-0.2, -0.15) is 0 Å². The van der Waals surface area contributed by atoms with E-state index in [2.05, 4.69) is 17.1 Å². The maximum absolute atomic E-state index is 11.5. The van der Waals surface area contributed by atoms with Crippen LogP contribution in [0.2, 0.25) is 0 Å². The van der Waals surface area contributed by atoms with E-state index in [0.29, 0.717) is 12.5 Å². The first kappa shape index (κ1) is 14.6. The maximum Gasteiger partial charge on any atom is 0.407 e. The van der Waals surface area contributed by atoms with E-state index in [4.69, 9.17) is 4.74 Å². The quantitative estimate of drug-likeness (QED) is 0.852. The third-order valence-corrected chi connectivity index (χ3v) is 4.32. The molecule has 4 heteroatoms. The maximum atomic E-state index is 11.5. The molecule has 1 heterocycles. The lowest BCUT2D eigenvalue weighted by molar-refractivity contribution is 0.112. The lowest BCUT2D eigenvalue weighted by Gasteiger charge is -2.37. The third-order valence-electron chi connectivity index (χ3n) is 4.32. The van der Waals surface area contributed by atoms with Crippen LogP contribution < -0.4 is 5.32 Å². The first-order chi connectivity index (χ1) is 9.17. The number of carbonyl (C=O) groups excluding carboxylic acids is 1. The fourth-order valence-corrected chi connectivity index (χ4v) is 3.61. The van der Waals surface area contributed by atoms with Crippen LogP contribution in [0.4, 0.5) is 4.79 Å². The fraction of sp³-hybridized carbons (Fsp3) is 0.933. The zero-order valence-electron chi connectivity index (χ0n) is 12.4. The number of hydrogen-bond acceptors (Lipinski definition) is 3. The monoisotopic (exact) mass is 268 g/mol. The van der Waals surface area contributed by atoms with Gasteiger partial charge in [0.25, 0.3) is 0 Å². The molecule has 1 aliphatic carbocycles. The van der Waals surface area contributed by atoms with Gasteiger partial charge in [-0.1, -0.05) is 19.8 Å². The number of rotatable bonds is 4. The van der Waals surface area contributed by atoms with Gasteiger partial charge in [0.1, 0.15) is 0 Å². The Balaban J connectivity index is 1.79. The van der Waals surface area contributed by atoms with E-state index >= 15 is 0 Å². The Morgan fingerprint density at radius 1 is 1.32 bits per heavy atom. The number of nitrogens with zero attached hydrogens (tertiary/aromatic N) is 1. The lowest BCUT2D eigenvalue weighted by Crippen LogP contribution is -2.51. The first-order valence-corrected chi connectivity index (χ1v) is 7.83. The number of hydrogen-bond donors (Lipinski definition) is 1. The van der Waals surface area contributed by atoms with Gasteiger partial charge in [0.15, 0.2) is 0 Å². The van der Waals surface area contributed by atoms with E-state index in [9.17, 15) is 4.79 Å². The SMILES string of the molecule is CCOC(=O)NC1CC(C)CN(CC2CCCC2)C1. The van der Waals surface area contributed by atoms with E-state index in [0.717, 1.165) is 18.9 Å². The molecule has 1 saturated heterocycles. The summed E-state index contributed by atoms with van der Waals surface area (Å²) in [6, 6.07) is 0.254. The minimum atomic E-state index is -0.262. The molecule has 0 aromatic heterocycles. The molecular formula is C15H28N2O2. The van der Waals surface area contributed by atoms with Crippen LogP contribution in [0.25, 0.3) is 0 Å². The molecule has 1 N–H and O–H groups in total. The predicted octanol–water partition coefficient (Wildman–Crippen LogP) is 2.63. The van der Waals surface area contributed by atoms with Crippen LogP contribution in [0.3, 0.4) is 0 Å². The van der Waals surface area contributed by atoms with E-state index in [1.807, 2.05) is 6.92 Å². The van der Waals surface area contributed by atoms with E-state index < -0.39 is 0 Å². The third kappa shape index (κ3) is 4.68. The Bertz CT molecular complexity index is 290. The van der Waals surface area contributed by atoms with Crippen molar-refractivity contribution in [3.63, 3.8) is 0 Å². The summed E-state index contributed by atoms with van der Waals surface area (Å²) in [4.78, 5) is 14.1. The topological polar surface area (TPSA) is 41.6 Å². The van der Waals surface area contributed by atoms with Crippen LogP contribution in [-0.4, -0.2) is 43.3 Å². The number of piperidine rings is 1. The van der Waals surface area contributed by atoms with Crippen molar-refractivity contribution in [1.82, 2.24) is 10.2 Å². The second-order valence-electron chi connectivity index (χ2n) is 6.27. The number of alkyl carbamates (subject to hydrolysis) is 1. The Labute approximate surface area is 116 Å². The molecule has 1 aliphatic heterocycles. The molecule has 4 nitrogen and oxygen atoms in total. The molecule has 110 valence electrons. The number of nitrogens with one attached hydrogen (secondary N) is 1. The second-order valence-corrected chi connectivity index (χ2v) is 6.27. The average Bonchev–Trinajstić information content (AvgIpc) is 2.81. The molecule has 1 amide bonds. The van der Waals surface area contributed by atoms with Crippen molar-refractivity contribution in [1.29, 1.82) is 0 Å². The highest BCUT2D eigenvalue weighted by Gasteiger charge is 2.28. The van der Waals surface area contributed by atoms with Gasteiger partial charge in [-0.3, -0.25) is 0 Å². The molecule has 2 atom stereocenters. The smallest absolute Gasteiger partial charge is 0.407 e. The van der Waals surface area contributed by atoms with Crippen LogP contribution in [0.5, 0.6) is 0 Å². The molecule has 2 aliphatic rings. The van der Waals surface area contributed by atoms with Crippen molar-refractivity contribution in [2.24, 2.45) is 11.8 Å². The minimum absolute atomic E-state index is 0.254. The van der Waals surface area contributed by atoms with Crippen molar-refractivity contribution in [3.05, 3.63) is 0 Å². The number of carbonyl (C=O) groups is 1. The fourth-order valence-electron chi connectivity index (χ4n) is 3.61. The highest BCUT2D eigenvalue weighted by molar-refractivity contribution is 5.67. The van der Waals surface area contributed by atoms with Crippen molar-refractivity contribution in [2.75, 3.05) is 26.2 Å². The molecule has 0 spiro atoms. The van der Waals surface area contributed by atoms with Gasteiger partial charge in [-0.25, -0.2) is 4.79 Å². The second kappa shape index (κ2) is 7.13. The molecule has 2 fully saturated rings. The number of ether oxygens (including phenoxy) is 1. The van der Waals surface area contributed by atoms with Crippen LogP contribution in [-0.2, 0) is 4.74 Å². The summed E-state index contributed by atoms with van der Waals surface area (Å²) in [6.45, 7) is 7.94. The molecule has 1 saturated carbocycles. The number of amides is 1. The molecule has 0 radical (unpaired) electrons. The number of likely N-dealkylation sites (tertiary alicyclic amines) is 1. The van der Waals surface area contributed by atoms with Crippen LogP contribution >= 0.6 is 0 Å². The highest BCUT2D eigenvalue weighted by atomic mass is 16.5. The Morgan fingerprint density at radius 2 is 2.05 bits per heavy atom. The van der Waals surface area contributed by atoms with Gasteiger partial charge in [0, 0.05) is 25.7 Å². The van der Waals surface area contributed by atoms with Gasteiger partial charge in [0.2, 0.25) is 0 Å². The highest BCUT2D eigenvalue weighted by Crippen LogP contribution is 2.27. The van der Waals surface area contributed by atoms with E-state index in [-0.39, 0.29) is 12.1 Å². The normalized spacial score (nSPS) is 29.4. The van der Waals surface area contributed by atoms with Gasteiger partial charge in [0.05, 0.1) is 6.61 Å². The molecule has 19 heavy (non-hydrogen) atoms. The Kier molecular flexibility index (Phi) is 5.49. The van der Waals surface area contributed by atoms with Crippen molar-refractivity contribution < 1.29 is 9.53 Å². The van der Waals surface area contributed by atoms with Crippen molar-refractivity contribution >= 4 is 6.09 Å².